The molecule has 0 radical (unpaired) electrons. The van der Waals surface area contributed by atoms with Crippen molar-refractivity contribution in [2.45, 2.75) is 83.5 Å². The highest BCUT2D eigenvalue weighted by Crippen LogP contribution is 2.49. The van der Waals surface area contributed by atoms with Gasteiger partial charge >= 0.3 is 0 Å². The summed E-state index contributed by atoms with van der Waals surface area (Å²) in [7, 11) is 0. The summed E-state index contributed by atoms with van der Waals surface area (Å²) in [5.41, 5.74) is 3.12. The van der Waals surface area contributed by atoms with E-state index >= 15 is 0 Å². The lowest BCUT2D eigenvalue weighted by Gasteiger charge is -2.24. The summed E-state index contributed by atoms with van der Waals surface area (Å²) in [5, 5.41) is 5.97. The van der Waals surface area contributed by atoms with E-state index in [1.165, 1.54) is 11.9 Å². The van der Waals surface area contributed by atoms with Gasteiger partial charge in [0.05, 0.1) is 23.0 Å². The van der Waals surface area contributed by atoms with Gasteiger partial charge in [0, 0.05) is 17.1 Å². The van der Waals surface area contributed by atoms with Crippen LogP contribution in [0.4, 0.5) is 5.82 Å². The zero-order valence-electron chi connectivity index (χ0n) is 22.0. The van der Waals surface area contributed by atoms with Crippen LogP contribution in [0.1, 0.15) is 59.1 Å². The number of ether oxygens (including phenoxy) is 2. The molecule has 1 N–H and O–H groups in total. The highest BCUT2D eigenvalue weighted by atomic mass is 35.5. The first-order valence-corrected chi connectivity index (χ1v) is 13.4. The molecule has 1 aromatic carbocycles. The molecule has 0 bridgehead atoms. The van der Waals surface area contributed by atoms with Crippen molar-refractivity contribution in [2.24, 2.45) is 5.92 Å². The van der Waals surface area contributed by atoms with Gasteiger partial charge in [0.15, 0.2) is 5.79 Å². The van der Waals surface area contributed by atoms with Gasteiger partial charge < -0.3 is 19.4 Å². The van der Waals surface area contributed by atoms with E-state index < -0.39 is 5.79 Å². The van der Waals surface area contributed by atoms with Crippen LogP contribution in [0.25, 0.3) is 21.9 Å². The SMILES string of the molecule is CC(C)(C)Nc1ccc2ccc(CC[C@H]3C[C@@H](n4ccc5c(Cl)ncnc54)[C@@H]4OC(C)(C)O[C@H]34)cc2n1. The maximum Gasteiger partial charge on any atom is 0.163 e. The van der Waals surface area contributed by atoms with Crippen LogP contribution in [-0.2, 0) is 15.9 Å². The normalized spacial score (nSPS) is 25.1. The maximum absolute atomic E-state index is 6.46. The lowest BCUT2D eigenvalue weighted by molar-refractivity contribution is -0.160. The van der Waals surface area contributed by atoms with E-state index in [-0.39, 0.29) is 23.8 Å². The minimum Gasteiger partial charge on any atom is -0.365 e. The number of benzene rings is 1. The van der Waals surface area contributed by atoms with E-state index in [2.05, 4.69) is 71.1 Å². The van der Waals surface area contributed by atoms with Gasteiger partial charge in [0.1, 0.15) is 29.0 Å². The Labute approximate surface area is 222 Å². The quantitative estimate of drug-likeness (QED) is 0.301. The largest absolute Gasteiger partial charge is 0.365 e. The molecule has 4 aromatic rings. The molecule has 0 spiro atoms. The first-order chi connectivity index (χ1) is 17.6. The Morgan fingerprint density at radius 2 is 1.86 bits per heavy atom. The van der Waals surface area contributed by atoms with Gasteiger partial charge in [0.2, 0.25) is 0 Å². The second kappa shape index (κ2) is 8.93. The van der Waals surface area contributed by atoms with Gasteiger partial charge in [-0.2, -0.15) is 0 Å². The number of nitrogens with zero attached hydrogens (tertiary/aromatic N) is 4. The highest BCUT2D eigenvalue weighted by Gasteiger charge is 2.54. The van der Waals surface area contributed by atoms with E-state index in [9.17, 15) is 0 Å². The number of hydrogen-bond donors (Lipinski definition) is 1. The second-order valence-electron chi connectivity index (χ2n) is 11.9. The van der Waals surface area contributed by atoms with Gasteiger partial charge in [-0.3, -0.25) is 0 Å². The average molecular weight is 520 g/mol. The maximum atomic E-state index is 6.46. The van der Waals surface area contributed by atoms with Crippen molar-refractivity contribution in [3.8, 4) is 0 Å². The monoisotopic (exact) mass is 519 g/mol. The molecule has 37 heavy (non-hydrogen) atoms. The zero-order valence-corrected chi connectivity index (χ0v) is 22.8. The smallest absolute Gasteiger partial charge is 0.163 e. The van der Waals surface area contributed by atoms with Gasteiger partial charge in [-0.25, -0.2) is 15.0 Å². The first-order valence-electron chi connectivity index (χ1n) is 13.1. The van der Waals surface area contributed by atoms with Crippen molar-refractivity contribution >= 4 is 39.4 Å². The van der Waals surface area contributed by atoms with E-state index in [4.69, 9.17) is 26.1 Å². The molecule has 1 saturated carbocycles. The minimum absolute atomic E-state index is 0.0337. The Kier molecular flexibility index (Phi) is 5.93. The van der Waals surface area contributed by atoms with Crippen molar-refractivity contribution in [1.29, 1.82) is 0 Å². The molecule has 1 aliphatic carbocycles. The number of hydrogen-bond acceptors (Lipinski definition) is 6. The van der Waals surface area contributed by atoms with Crippen LogP contribution >= 0.6 is 11.6 Å². The van der Waals surface area contributed by atoms with Crippen molar-refractivity contribution in [2.75, 3.05) is 5.32 Å². The number of rotatable bonds is 5. The van der Waals surface area contributed by atoms with Gasteiger partial charge in [-0.15, -0.1) is 0 Å². The van der Waals surface area contributed by atoms with Crippen molar-refractivity contribution < 1.29 is 9.47 Å². The number of fused-ring (bicyclic) bond motifs is 3. The fraction of sp³-hybridized carbons (Fsp3) is 0.483. The van der Waals surface area contributed by atoms with Crippen molar-refractivity contribution in [3.63, 3.8) is 0 Å². The summed E-state index contributed by atoms with van der Waals surface area (Å²) >= 11 is 6.33. The minimum atomic E-state index is -0.606. The number of halogens is 1. The third-order valence-corrected chi connectivity index (χ3v) is 7.73. The average Bonchev–Trinajstić information content (AvgIpc) is 3.48. The number of pyridine rings is 1. The Morgan fingerprint density at radius 1 is 1.08 bits per heavy atom. The van der Waals surface area contributed by atoms with Crippen LogP contribution in [0.3, 0.4) is 0 Å². The Balaban J connectivity index is 1.23. The predicted molar refractivity (Wildman–Crippen MR) is 147 cm³/mol. The molecule has 7 nitrogen and oxygen atoms in total. The number of aromatic nitrogens is 4. The first kappa shape index (κ1) is 24.6. The molecular formula is C29H34ClN5O2. The molecule has 2 fully saturated rings. The summed E-state index contributed by atoms with van der Waals surface area (Å²) in [4.78, 5) is 13.5. The van der Waals surface area contributed by atoms with Gasteiger partial charge in [-0.05, 0) is 89.6 Å². The Hall–Kier alpha value is -2.74. The van der Waals surface area contributed by atoms with E-state index in [1.807, 2.05) is 26.0 Å². The van der Waals surface area contributed by atoms with Crippen LogP contribution < -0.4 is 5.32 Å². The lowest BCUT2D eigenvalue weighted by atomic mass is 9.95. The molecule has 8 heteroatoms. The topological polar surface area (TPSA) is 74.1 Å². The summed E-state index contributed by atoms with van der Waals surface area (Å²) in [6.07, 6.45) is 6.52. The summed E-state index contributed by atoms with van der Waals surface area (Å²) < 4.78 is 15.1. The second-order valence-corrected chi connectivity index (χ2v) is 12.2. The molecule has 3 aromatic heterocycles. The molecule has 194 valence electrons. The van der Waals surface area contributed by atoms with Crippen LogP contribution in [0, 0.1) is 5.92 Å². The van der Waals surface area contributed by atoms with Crippen LogP contribution in [0.5, 0.6) is 0 Å². The third-order valence-electron chi connectivity index (χ3n) is 7.43. The number of nitrogens with one attached hydrogen (secondary N) is 1. The molecule has 6 rings (SSSR count). The fourth-order valence-electron chi connectivity index (χ4n) is 5.94. The molecule has 4 atom stereocenters. The fourth-order valence-corrected chi connectivity index (χ4v) is 6.13. The van der Waals surface area contributed by atoms with Gasteiger partial charge in [0.25, 0.3) is 0 Å². The summed E-state index contributed by atoms with van der Waals surface area (Å²) in [6, 6.07) is 12.9. The molecular weight excluding hydrogens is 486 g/mol. The number of anilines is 1. The van der Waals surface area contributed by atoms with Crippen molar-refractivity contribution in [1.82, 2.24) is 19.5 Å². The van der Waals surface area contributed by atoms with Crippen molar-refractivity contribution in [3.05, 3.63) is 59.6 Å². The summed E-state index contributed by atoms with van der Waals surface area (Å²) in [6.45, 7) is 10.4. The molecule has 2 aliphatic rings. The van der Waals surface area contributed by atoms with E-state index in [1.54, 1.807) is 0 Å². The molecule has 1 saturated heterocycles. The Bertz CT molecular complexity index is 1460. The van der Waals surface area contributed by atoms with Crippen LogP contribution in [0.2, 0.25) is 5.15 Å². The van der Waals surface area contributed by atoms with Crippen LogP contribution in [-0.4, -0.2) is 43.1 Å². The standard InChI is InChI=1S/C29H34ClN5O2/c1-28(2,3)34-23-11-10-18-8-6-17(14-21(18)33-23)7-9-19-15-22(25-24(19)36-29(4,5)37-25)35-13-12-20-26(30)31-16-32-27(20)35/h6,8,10-14,16,19,22,24-25H,7,9,15H2,1-5H3,(H,33,34)/t19-,22+,24+,25-/m0/s1. The van der Waals surface area contributed by atoms with E-state index in [0.29, 0.717) is 11.1 Å². The number of aryl methyl sites for hydroxylation is 1. The van der Waals surface area contributed by atoms with Crippen LogP contribution in [0.15, 0.2) is 48.9 Å². The predicted octanol–water partition coefficient (Wildman–Crippen LogP) is 6.56. The zero-order chi connectivity index (χ0) is 25.9. The lowest BCUT2D eigenvalue weighted by Crippen LogP contribution is -2.27. The summed E-state index contributed by atoms with van der Waals surface area (Å²) in [5.74, 6) is 0.662. The van der Waals surface area contributed by atoms with E-state index in [0.717, 1.165) is 47.0 Å². The third kappa shape index (κ3) is 4.80. The Morgan fingerprint density at radius 3 is 2.68 bits per heavy atom. The molecule has 1 aliphatic heterocycles. The molecule has 0 unspecified atom stereocenters. The molecule has 0 amide bonds. The van der Waals surface area contributed by atoms with Gasteiger partial charge in [-0.1, -0.05) is 23.7 Å². The highest BCUT2D eigenvalue weighted by molar-refractivity contribution is 6.33. The molecule has 4 heterocycles.